The lowest BCUT2D eigenvalue weighted by Gasteiger charge is -2.36. The summed E-state index contributed by atoms with van der Waals surface area (Å²) in [5.41, 5.74) is 1.33. The molecule has 1 aliphatic heterocycles. The highest BCUT2D eigenvalue weighted by Crippen LogP contribution is 2.29. The van der Waals surface area contributed by atoms with Gasteiger partial charge in [-0.05, 0) is 36.2 Å². The van der Waals surface area contributed by atoms with Gasteiger partial charge in [0, 0.05) is 25.8 Å². The summed E-state index contributed by atoms with van der Waals surface area (Å²) >= 11 is 0. The Kier molecular flexibility index (Phi) is 5.36. The van der Waals surface area contributed by atoms with Crippen LogP contribution in [0, 0.1) is 12.8 Å². The number of likely N-dealkylation sites (tertiary alicyclic amines) is 1. The van der Waals surface area contributed by atoms with Gasteiger partial charge < -0.3 is 9.84 Å². The average molecular weight is 380 g/mol. The van der Waals surface area contributed by atoms with Crippen LogP contribution in [0.2, 0.25) is 0 Å². The van der Waals surface area contributed by atoms with Crippen LogP contribution in [0.15, 0.2) is 36.5 Å². The van der Waals surface area contributed by atoms with Gasteiger partial charge >= 0.3 is 12.1 Å². The quantitative estimate of drug-likeness (QED) is 0.831. The molecule has 1 aromatic heterocycles. The topological polar surface area (TPSA) is 62.7 Å². The number of carbonyl (C=O) groups is 1. The lowest BCUT2D eigenvalue weighted by molar-refractivity contribution is -0.147. The molecule has 27 heavy (non-hydrogen) atoms. The van der Waals surface area contributed by atoms with Gasteiger partial charge in [0.15, 0.2) is 0 Å². The van der Waals surface area contributed by atoms with E-state index in [0.717, 1.165) is 29.5 Å². The van der Waals surface area contributed by atoms with E-state index in [9.17, 15) is 18.0 Å². The normalized spacial score (nSPS) is 15.4. The van der Waals surface area contributed by atoms with Crippen LogP contribution in [-0.4, -0.2) is 34.0 Å². The second-order valence-electron chi connectivity index (χ2n) is 6.65. The fourth-order valence-corrected chi connectivity index (χ4v) is 2.97. The van der Waals surface area contributed by atoms with Gasteiger partial charge in [-0.1, -0.05) is 12.1 Å². The fraction of sp³-hybridized carbons (Fsp3) is 0.368. The molecule has 0 spiro atoms. The number of hydrogen-bond acceptors (Lipinski definition) is 4. The molecule has 8 heteroatoms. The standard InChI is InChI=1S/C19H19F3N2O3/c1-12-6-13(8-24-9-14(10-24)18(25)26)2-3-17(12)27-11-16-7-15(4-5-23-16)19(20,21)22/h2-7,14H,8-11H2,1H3,(H,25,26). The van der Waals surface area contributed by atoms with Crippen LogP contribution in [0.4, 0.5) is 13.2 Å². The third kappa shape index (κ3) is 4.77. The number of carboxylic acid groups (broad SMARTS) is 1. The maximum atomic E-state index is 12.7. The number of halogens is 3. The molecule has 2 aromatic rings. The van der Waals surface area contributed by atoms with Gasteiger partial charge in [0.05, 0.1) is 17.2 Å². The maximum absolute atomic E-state index is 12.7. The van der Waals surface area contributed by atoms with Crippen LogP contribution < -0.4 is 4.74 Å². The van der Waals surface area contributed by atoms with E-state index in [1.807, 2.05) is 24.0 Å². The van der Waals surface area contributed by atoms with E-state index in [4.69, 9.17) is 9.84 Å². The largest absolute Gasteiger partial charge is 0.487 e. The number of benzene rings is 1. The molecule has 1 aromatic carbocycles. The minimum absolute atomic E-state index is 0.0590. The average Bonchev–Trinajstić information content (AvgIpc) is 2.56. The van der Waals surface area contributed by atoms with Gasteiger partial charge in [-0.3, -0.25) is 14.7 Å². The van der Waals surface area contributed by atoms with E-state index in [0.29, 0.717) is 25.4 Å². The lowest BCUT2D eigenvalue weighted by atomic mass is 9.99. The third-order valence-electron chi connectivity index (χ3n) is 4.47. The summed E-state index contributed by atoms with van der Waals surface area (Å²) in [6, 6.07) is 7.48. The molecule has 0 bridgehead atoms. The van der Waals surface area contributed by atoms with E-state index < -0.39 is 17.7 Å². The first-order chi connectivity index (χ1) is 12.7. The monoisotopic (exact) mass is 380 g/mol. The number of hydrogen-bond donors (Lipinski definition) is 1. The summed E-state index contributed by atoms with van der Waals surface area (Å²) in [4.78, 5) is 16.8. The summed E-state index contributed by atoms with van der Waals surface area (Å²) in [5.74, 6) is -0.493. The van der Waals surface area contributed by atoms with E-state index in [-0.39, 0.29) is 18.2 Å². The summed E-state index contributed by atoms with van der Waals surface area (Å²) < 4.78 is 43.8. The Morgan fingerprint density at radius 1 is 1.30 bits per heavy atom. The Hall–Kier alpha value is -2.61. The Morgan fingerprint density at radius 2 is 2.04 bits per heavy atom. The summed E-state index contributed by atoms with van der Waals surface area (Å²) in [6.45, 7) is 3.52. The number of alkyl halides is 3. The predicted octanol–water partition coefficient (Wildman–Crippen LogP) is 3.50. The van der Waals surface area contributed by atoms with Crippen LogP contribution in [-0.2, 0) is 24.1 Å². The van der Waals surface area contributed by atoms with Crippen molar-refractivity contribution in [2.75, 3.05) is 13.1 Å². The van der Waals surface area contributed by atoms with Crippen molar-refractivity contribution in [2.24, 2.45) is 5.92 Å². The number of aryl methyl sites for hydroxylation is 1. The van der Waals surface area contributed by atoms with Crippen molar-refractivity contribution in [1.82, 2.24) is 9.88 Å². The molecule has 1 aliphatic rings. The second kappa shape index (κ2) is 7.56. The minimum atomic E-state index is -4.41. The minimum Gasteiger partial charge on any atom is -0.487 e. The van der Waals surface area contributed by atoms with Gasteiger partial charge in [-0.2, -0.15) is 13.2 Å². The van der Waals surface area contributed by atoms with E-state index in [1.165, 1.54) is 0 Å². The molecule has 0 amide bonds. The lowest BCUT2D eigenvalue weighted by Crippen LogP contribution is -2.49. The highest BCUT2D eigenvalue weighted by atomic mass is 19.4. The van der Waals surface area contributed by atoms with Crippen LogP contribution in [0.1, 0.15) is 22.4 Å². The van der Waals surface area contributed by atoms with Crippen LogP contribution >= 0.6 is 0 Å². The van der Waals surface area contributed by atoms with E-state index in [2.05, 4.69) is 4.98 Å². The molecule has 0 radical (unpaired) electrons. The van der Waals surface area contributed by atoms with Gasteiger partial charge in [-0.15, -0.1) is 0 Å². The molecule has 1 saturated heterocycles. The van der Waals surface area contributed by atoms with Crippen molar-refractivity contribution in [2.45, 2.75) is 26.3 Å². The zero-order valence-corrected chi connectivity index (χ0v) is 14.7. The van der Waals surface area contributed by atoms with Crippen LogP contribution in [0.5, 0.6) is 5.75 Å². The number of nitrogens with zero attached hydrogens (tertiary/aromatic N) is 2. The zero-order valence-electron chi connectivity index (χ0n) is 14.7. The molecule has 3 rings (SSSR count). The van der Waals surface area contributed by atoms with Crippen molar-refractivity contribution < 1.29 is 27.8 Å². The SMILES string of the molecule is Cc1cc(CN2CC(C(=O)O)C2)ccc1OCc1cc(C(F)(F)F)ccn1. The molecule has 0 saturated carbocycles. The molecule has 0 aliphatic carbocycles. The summed E-state index contributed by atoms with van der Waals surface area (Å²) in [5, 5.41) is 8.90. The highest BCUT2D eigenvalue weighted by Gasteiger charge is 2.32. The number of pyridine rings is 1. The number of ether oxygens (including phenoxy) is 1. The molecule has 0 atom stereocenters. The molecule has 2 heterocycles. The van der Waals surface area contributed by atoms with Gasteiger partial charge in [0.1, 0.15) is 12.4 Å². The van der Waals surface area contributed by atoms with Crippen molar-refractivity contribution in [3.63, 3.8) is 0 Å². The maximum Gasteiger partial charge on any atom is 0.416 e. The molecule has 144 valence electrons. The Bertz CT molecular complexity index is 833. The van der Waals surface area contributed by atoms with Crippen molar-refractivity contribution in [1.29, 1.82) is 0 Å². The van der Waals surface area contributed by atoms with Crippen LogP contribution in [0.3, 0.4) is 0 Å². The predicted molar refractivity (Wildman–Crippen MR) is 91.2 cm³/mol. The Labute approximate surface area is 154 Å². The van der Waals surface area contributed by atoms with Crippen LogP contribution in [0.25, 0.3) is 0 Å². The molecule has 1 fully saturated rings. The first-order valence-electron chi connectivity index (χ1n) is 8.42. The number of carboxylic acids is 1. The van der Waals surface area contributed by atoms with E-state index in [1.54, 1.807) is 6.07 Å². The Balaban J connectivity index is 1.58. The van der Waals surface area contributed by atoms with Gasteiger partial charge in [-0.25, -0.2) is 0 Å². The highest BCUT2D eigenvalue weighted by molar-refractivity contribution is 5.71. The van der Waals surface area contributed by atoms with Crippen molar-refractivity contribution >= 4 is 5.97 Å². The number of aromatic nitrogens is 1. The second-order valence-corrected chi connectivity index (χ2v) is 6.65. The van der Waals surface area contributed by atoms with Gasteiger partial charge in [0.2, 0.25) is 0 Å². The first-order valence-corrected chi connectivity index (χ1v) is 8.42. The number of rotatable bonds is 6. The molecule has 1 N–H and O–H groups in total. The fourth-order valence-electron chi connectivity index (χ4n) is 2.97. The van der Waals surface area contributed by atoms with Crippen molar-refractivity contribution in [3.05, 3.63) is 58.9 Å². The number of aliphatic carboxylic acids is 1. The smallest absolute Gasteiger partial charge is 0.416 e. The summed E-state index contributed by atoms with van der Waals surface area (Å²) in [6.07, 6.45) is -3.29. The zero-order chi connectivity index (χ0) is 19.6. The molecular formula is C19H19F3N2O3. The molecule has 0 unspecified atom stereocenters. The summed E-state index contributed by atoms with van der Waals surface area (Å²) in [7, 11) is 0. The Morgan fingerprint density at radius 3 is 2.67 bits per heavy atom. The van der Waals surface area contributed by atoms with Crippen molar-refractivity contribution in [3.8, 4) is 5.75 Å². The van der Waals surface area contributed by atoms with E-state index >= 15 is 0 Å². The van der Waals surface area contributed by atoms with Gasteiger partial charge in [0.25, 0.3) is 0 Å². The molecule has 5 nitrogen and oxygen atoms in total. The first kappa shape index (κ1) is 19.2. The molecular weight excluding hydrogens is 361 g/mol. The third-order valence-corrected chi connectivity index (χ3v) is 4.47.